The highest BCUT2D eigenvalue weighted by molar-refractivity contribution is 5.65. The largest absolute Gasteiger partial charge is 0.485 e. The summed E-state index contributed by atoms with van der Waals surface area (Å²) in [6.45, 7) is 10.9. The molecular formula is C14H21N2O4. The molecule has 0 aliphatic carbocycles. The van der Waals surface area contributed by atoms with Gasteiger partial charge in [0, 0.05) is 0 Å². The maximum absolute atomic E-state index is 11.0. The fraction of sp³-hybridized carbons (Fsp3) is 0.571. The van der Waals surface area contributed by atoms with E-state index in [1.54, 1.807) is 0 Å². The number of ether oxygens (including phenoxy) is 2. The third-order valence-corrected chi connectivity index (χ3v) is 2.09. The lowest BCUT2D eigenvalue weighted by Gasteiger charge is -2.25. The van der Waals surface area contributed by atoms with Gasteiger partial charge in [-0.15, -0.1) is 0 Å². The van der Waals surface area contributed by atoms with Crippen molar-refractivity contribution in [2.75, 3.05) is 0 Å². The van der Waals surface area contributed by atoms with Gasteiger partial charge in [0.25, 0.3) is 5.69 Å². The van der Waals surface area contributed by atoms with E-state index in [1.807, 2.05) is 41.5 Å². The summed E-state index contributed by atoms with van der Waals surface area (Å²) in [6, 6.07) is 2.51. The molecule has 0 fully saturated rings. The van der Waals surface area contributed by atoms with Crippen LogP contribution in [0.25, 0.3) is 0 Å². The van der Waals surface area contributed by atoms with E-state index in [2.05, 4.69) is 0 Å². The highest BCUT2D eigenvalue weighted by Crippen LogP contribution is 2.40. The van der Waals surface area contributed by atoms with Crippen molar-refractivity contribution >= 4 is 11.4 Å². The van der Waals surface area contributed by atoms with Crippen LogP contribution in [0.1, 0.15) is 41.5 Å². The second-order valence-electron chi connectivity index (χ2n) is 6.50. The summed E-state index contributed by atoms with van der Waals surface area (Å²) >= 11 is 0. The van der Waals surface area contributed by atoms with Gasteiger partial charge in [-0.3, -0.25) is 15.8 Å². The van der Waals surface area contributed by atoms with Gasteiger partial charge in [0.2, 0.25) is 0 Å². The van der Waals surface area contributed by atoms with Crippen molar-refractivity contribution in [2.24, 2.45) is 0 Å². The molecule has 0 aliphatic rings. The topological polar surface area (TPSA) is 85.4 Å². The number of hydrogen-bond donors (Lipinski definition) is 0. The van der Waals surface area contributed by atoms with Crippen LogP contribution < -0.4 is 15.2 Å². The number of benzene rings is 1. The average molecular weight is 281 g/mol. The molecular weight excluding hydrogens is 260 g/mol. The Morgan fingerprint density at radius 2 is 1.35 bits per heavy atom. The van der Waals surface area contributed by atoms with Gasteiger partial charge in [0.15, 0.2) is 11.5 Å². The molecule has 1 rings (SSSR count). The molecule has 111 valence electrons. The number of hydrogen-bond acceptors (Lipinski definition) is 4. The molecule has 20 heavy (non-hydrogen) atoms. The zero-order valence-electron chi connectivity index (χ0n) is 12.7. The van der Waals surface area contributed by atoms with Crippen LogP contribution in [0, 0.1) is 10.1 Å². The van der Waals surface area contributed by atoms with E-state index < -0.39 is 16.1 Å². The molecule has 6 heteroatoms. The number of nitro benzene ring substituents is 1. The van der Waals surface area contributed by atoms with Crippen LogP contribution in [-0.2, 0) is 0 Å². The van der Waals surface area contributed by atoms with E-state index in [9.17, 15) is 10.1 Å². The van der Waals surface area contributed by atoms with Crippen molar-refractivity contribution in [3.8, 4) is 11.5 Å². The third-order valence-electron chi connectivity index (χ3n) is 2.09. The molecule has 0 unspecified atom stereocenters. The molecule has 0 amide bonds. The summed E-state index contributed by atoms with van der Waals surface area (Å²) in [5.41, 5.74) is 6.83. The van der Waals surface area contributed by atoms with Crippen LogP contribution in [0.2, 0.25) is 0 Å². The van der Waals surface area contributed by atoms with E-state index in [4.69, 9.17) is 15.2 Å². The number of non-ortho nitro benzene ring substituents is 1. The van der Waals surface area contributed by atoms with Gasteiger partial charge >= 0.3 is 0 Å². The van der Waals surface area contributed by atoms with Crippen molar-refractivity contribution in [1.82, 2.24) is 5.73 Å². The first-order valence-electron chi connectivity index (χ1n) is 6.31. The average Bonchev–Trinajstić information content (AvgIpc) is 2.19. The summed E-state index contributed by atoms with van der Waals surface area (Å²) in [5, 5.41) is 11.0. The van der Waals surface area contributed by atoms with Crippen molar-refractivity contribution in [2.45, 2.75) is 52.7 Å². The summed E-state index contributed by atoms with van der Waals surface area (Å²) in [4.78, 5) is 10.5. The Morgan fingerprint density at radius 1 is 1.00 bits per heavy atom. The van der Waals surface area contributed by atoms with Crippen LogP contribution in [0.3, 0.4) is 0 Å². The van der Waals surface area contributed by atoms with E-state index in [0.717, 1.165) is 0 Å². The van der Waals surface area contributed by atoms with Crippen molar-refractivity contribution in [1.29, 1.82) is 0 Å². The predicted octanol–water partition coefficient (Wildman–Crippen LogP) is 3.86. The molecule has 1 aromatic carbocycles. The van der Waals surface area contributed by atoms with Crippen molar-refractivity contribution < 1.29 is 14.4 Å². The summed E-state index contributed by atoms with van der Waals surface area (Å²) in [6.07, 6.45) is 0. The van der Waals surface area contributed by atoms with Crippen LogP contribution in [0.5, 0.6) is 11.5 Å². The van der Waals surface area contributed by atoms with Crippen LogP contribution >= 0.6 is 0 Å². The maximum atomic E-state index is 11.0. The Kier molecular flexibility index (Phi) is 4.17. The first-order valence-corrected chi connectivity index (χ1v) is 6.31. The smallest absolute Gasteiger partial charge is 0.277 e. The van der Waals surface area contributed by atoms with Crippen LogP contribution in [0.4, 0.5) is 11.4 Å². The highest BCUT2D eigenvalue weighted by Gasteiger charge is 2.24. The SMILES string of the molecule is CC(C)(C)Oc1cc([N+](=O)[O-])cc(OC(C)(C)C)c1[NH]. The Morgan fingerprint density at radius 3 is 1.60 bits per heavy atom. The zero-order chi connectivity index (χ0) is 15.7. The number of rotatable bonds is 3. The van der Waals surface area contributed by atoms with E-state index in [-0.39, 0.29) is 22.9 Å². The monoisotopic (exact) mass is 281 g/mol. The summed E-state index contributed by atoms with van der Waals surface area (Å²) < 4.78 is 11.2. The quantitative estimate of drug-likeness (QED) is 0.621. The molecule has 1 radical (unpaired) electrons. The van der Waals surface area contributed by atoms with E-state index in [1.165, 1.54) is 12.1 Å². The molecule has 0 saturated heterocycles. The third kappa shape index (κ3) is 4.60. The molecule has 0 spiro atoms. The second kappa shape index (κ2) is 5.19. The fourth-order valence-electron chi connectivity index (χ4n) is 1.50. The van der Waals surface area contributed by atoms with Gasteiger partial charge in [0.1, 0.15) is 16.9 Å². The van der Waals surface area contributed by atoms with Crippen LogP contribution in [0.15, 0.2) is 12.1 Å². The minimum atomic E-state index is -0.552. The molecule has 0 atom stereocenters. The van der Waals surface area contributed by atoms with Gasteiger partial charge in [-0.25, -0.2) is 0 Å². The van der Waals surface area contributed by atoms with Gasteiger partial charge in [-0.1, -0.05) is 0 Å². The van der Waals surface area contributed by atoms with Crippen molar-refractivity contribution in [3.05, 3.63) is 22.2 Å². The van der Waals surface area contributed by atoms with Crippen molar-refractivity contribution in [3.63, 3.8) is 0 Å². The lowest BCUT2D eigenvalue weighted by molar-refractivity contribution is -0.385. The van der Waals surface area contributed by atoms with Crippen LogP contribution in [-0.4, -0.2) is 16.1 Å². The number of nitro groups is 1. The minimum Gasteiger partial charge on any atom is -0.485 e. The number of nitrogens with zero attached hydrogens (tertiary/aromatic N) is 1. The normalized spacial score (nSPS) is 12.1. The van der Waals surface area contributed by atoms with Gasteiger partial charge < -0.3 is 9.47 Å². The number of nitrogens with one attached hydrogen (secondary N) is 1. The van der Waals surface area contributed by atoms with Gasteiger partial charge in [0.05, 0.1) is 17.1 Å². The first-order chi connectivity index (χ1) is 8.89. The Bertz CT molecular complexity index is 476. The molecule has 0 bridgehead atoms. The van der Waals surface area contributed by atoms with Gasteiger partial charge in [-0.2, -0.15) is 0 Å². The highest BCUT2D eigenvalue weighted by atomic mass is 16.6. The predicted molar refractivity (Wildman–Crippen MR) is 76.6 cm³/mol. The summed E-state index contributed by atoms with van der Waals surface area (Å²) in [5.74, 6) is 0.289. The molecule has 0 aromatic heterocycles. The molecule has 6 nitrogen and oxygen atoms in total. The van der Waals surface area contributed by atoms with E-state index >= 15 is 0 Å². The molecule has 0 saturated carbocycles. The fourth-order valence-corrected chi connectivity index (χ4v) is 1.50. The molecule has 1 aromatic rings. The molecule has 1 N–H and O–H groups in total. The molecule has 0 aliphatic heterocycles. The zero-order valence-corrected chi connectivity index (χ0v) is 12.7. The lowest BCUT2D eigenvalue weighted by Crippen LogP contribution is -2.25. The lowest BCUT2D eigenvalue weighted by atomic mass is 10.1. The van der Waals surface area contributed by atoms with E-state index in [0.29, 0.717) is 0 Å². The maximum Gasteiger partial charge on any atom is 0.277 e. The minimum absolute atomic E-state index is 0.0143. The Hall–Kier alpha value is -1.98. The van der Waals surface area contributed by atoms with Gasteiger partial charge in [-0.05, 0) is 41.5 Å². The standard InChI is InChI=1S/C14H21N2O4/c1-13(2,3)19-10-7-9(16(17)18)8-11(12(10)15)20-14(4,5)6/h7-8,15H,1-6H3. The Labute approximate surface area is 119 Å². The molecule has 0 heterocycles. The second-order valence-corrected chi connectivity index (χ2v) is 6.50. The first kappa shape index (κ1) is 16.1. The summed E-state index contributed by atoms with van der Waals surface area (Å²) in [7, 11) is 0. The Balaban J connectivity index is 3.33.